The van der Waals surface area contributed by atoms with Crippen molar-refractivity contribution in [1.29, 1.82) is 0 Å². The number of benzene rings is 1. The van der Waals surface area contributed by atoms with Crippen LogP contribution in [-0.2, 0) is 16.4 Å². The van der Waals surface area contributed by atoms with Crippen LogP contribution in [0.3, 0.4) is 0 Å². The molecule has 1 amide bonds. The normalized spacial score (nSPS) is 24.2. The Morgan fingerprint density at radius 3 is 2.45 bits per heavy atom. The Bertz CT molecular complexity index is 1070. The topological polar surface area (TPSA) is 68.2 Å². The van der Waals surface area contributed by atoms with Crippen molar-refractivity contribution in [3.8, 4) is 0 Å². The molecule has 2 aromatic rings. The van der Waals surface area contributed by atoms with Gasteiger partial charge in [-0.15, -0.1) is 0 Å². The summed E-state index contributed by atoms with van der Waals surface area (Å²) >= 11 is 0. The van der Waals surface area contributed by atoms with Crippen molar-refractivity contribution in [3.63, 3.8) is 0 Å². The van der Waals surface area contributed by atoms with Gasteiger partial charge in [-0.1, -0.05) is 12.8 Å². The minimum atomic E-state index is -3.31. The number of rotatable bonds is 5. The molecule has 1 heterocycles. The van der Waals surface area contributed by atoms with Gasteiger partial charge < -0.3 is 9.88 Å². The molecular weight excluding hydrogens is 398 g/mol. The molecule has 2 fully saturated rings. The molecule has 0 radical (unpaired) electrons. The van der Waals surface area contributed by atoms with E-state index >= 15 is 0 Å². The zero-order valence-electron chi connectivity index (χ0n) is 16.7. The fourth-order valence-corrected chi connectivity index (χ4v) is 5.72. The highest BCUT2D eigenvalue weighted by molar-refractivity contribution is 7.90. The smallest absolute Gasteiger partial charge is 0.253 e. The van der Waals surface area contributed by atoms with E-state index in [1.165, 1.54) is 29.9 Å². The molecule has 8 heteroatoms. The van der Waals surface area contributed by atoms with Crippen molar-refractivity contribution in [2.75, 3.05) is 12.0 Å². The summed E-state index contributed by atoms with van der Waals surface area (Å²) in [6.45, 7) is 1.61. The summed E-state index contributed by atoms with van der Waals surface area (Å²) in [5.74, 6) is -1.30. The molecule has 0 spiro atoms. The largest absolute Gasteiger partial charge is 0.349 e. The van der Waals surface area contributed by atoms with Crippen LogP contribution >= 0.6 is 0 Å². The molecule has 29 heavy (non-hydrogen) atoms. The SMILES string of the molecule is Cc1c(C(=O)NC2CC3CCC(C3)C2)c2ccc(F)c(F)c2n1CCS(C)(=O)=O. The Balaban J connectivity index is 1.70. The minimum absolute atomic E-state index is 0.0393. The lowest BCUT2D eigenvalue weighted by atomic mass is 9.85. The number of nitrogens with one attached hydrogen (secondary N) is 1. The second-order valence-electron chi connectivity index (χ2n) is 8.69. The van der Waals surface area contributed by atoms with Gasteiger partial charge in [0, 0.05) is 29.9 Å². The second-order valence-corrected chi connectivity index (χ2v) is 10.9. The number of aromatic nitrogens is 1. The first-order chi connectivity index (χ1) is 13.6. The Morgan fingerprint density at radius 1 is 1.17 bits per heavy atom. The van der Waals surface area contributed by atoms with Crippen LogP contribution in [0.4, 0.5) is 8.78 Å². The van der Waals surface area contributed by atoms with Crippen LogP contribution < -0.4 is 5.32 Å². The fraction of sp³-hybridized carbons (Fsp3) is 0.571. The number of halogens is 2. The molecular formula is C21H26F2N2O3S. The third-order valence-corrected chi connectivity index (χ3v) is 7.43. The molecule has 2 aliphatic carbocycles. The predicted octanol–water partition coefficient (Wildman–Crippen LogP) is 3.58. The van der Waals surface area contributed by atoms with Gasteiger partial charge in [-0.2, -0.15) is 0 Å². The van der Waals surface area contributed by atoms with Crippen molar-refractivity contribution < 1.29 is 22.0 Å². The predicted molar refractivity (Wildman–Crippen MR) is 108 cm³/mol. The van der Waals surface area contributed by atoms with Crippen molar-refractivity contribution in [1.82, 2.24) is 9.88 Å². The summed E-state index contributed by atoms with van der Waals surface area (Å²) in [5.41, 5.74) is 0.690. The molecule has 2 atom stereocenters. The van der Waals surface area contributed by atoms with E-state index in [1.807, 2.05) is 0 Å². The molecule has 0 aliphatic heterocycles. The summed E-state index contributed by atoms with van der Waals surface area (Å²) in [7, 11) is -3.31. The zero-order valence-corrected chi connectivity index (χ0v) is 17.5. The van der Waals surface area contributed by atoms with E-state index in [0.717, 1.165) is 25.2 Å². The first kappa shape index (κ1) is 20.3. The molecule has 0 saturated heterocycles. The highest BCUT2D eigenvalue weighted by Gasteiger charge is 2.35. The van der Waals surface area contributed by atoms with Crippen LogP contribution in [0.25, 0.3) is 10.9 Å². The number of nitrogens with zero attached hydrogens (tertiary/aromatic N) is 1. The average Bonchev–Trinajstić information content (AvgIpc) is 3.12. The van der Waals surface area contributed by atoms with Crippen molar-refractivity contribution in [3.05, 3.63) is 35.0 Å². The molecule has 2 aliphatic rings. The minimum Gasteiger partial charge on any atom is -0.349 e. The lowest BCUT2D eigenvalue weighted by molar-refractivity contribution is 0.0919. The van der Waals surface area contributed by atoms with Gasteiger partial charge in [0.1, 0.15) is 9.84 Å². The monoisotopic (exact) mass is 424 g/mol. The van der Waals surface area contributed by atoms with E-state index in [0.29, 0.717) is 28.5 Å². The molecule has 1 aromatic carbocycles. The molecule has 2 saturated carbocycles. The lowest BCUT2D eigenvalue weighted by Crippen LogP contribution is -2.39. The number of hydrogen-bond donors (Lipinski definition) is 1. The van der Waals surface area contributed by atoms with Crippen LogP contribution in [0, 0.1) is 30.4 Å². The van der Waals surface area contributed by atoms with Gasteiger partial charge in [-0.3, -0.25) is 4.79 Å². The summed E-state index contributed by atoms with van der Waals surface area (Å²) < 4.78 is 53.2. The van der Waals surface area contributed by atoms with Crippen LogP contribution in [0.2, 0.25) is 0 Å². The van der Waals surface area contributed by atoms with E-state index in [4.69, 9.17) is 0 Å². The maximum absolute atomic E-state index is 14.6. The number of sulfone groups is 1. The van der Waals surface area contributed by atoms with Gasteiger partial charge >= 0.3 is 0 Å². The first-order valence-electron chi connectivity index (χ1n) is 10.1. The Morgan fingerprint density at radius 2 is 1.83 bits per heavy atom. The first-order valence-corrected chi connectivity index (χ1v) is 12.2. The van der Waals surface area contributed by atoms with Crippen molar-refractivity contribution in [2.45, 2.75) is 51.6 Å². The van der Waals surface area contributed by atoms with Gasteiger partial charge in [-0.25, -0.2) is 17.2 Å². The highest BCUT2D eigenvalue weighted by atomic mass is 32.2. The third kappa shape index (κ3) is 3.91. The van der Waals surface area contributed by atoms with Crippen LogP contribution in [0.5, 0.6) is 0 Å². The summed E-state index contributed by atoms with van der Waals surface area (Å²) in [4.78, 5) is 13.1. The van der Waals surface area contributed by atoms with Crippen LogP contribution in [-0.4, -0.2) is 36.9 Å². The van der Waals surface area contributed by atoms with Gasteiger partial charge in [-0.05, 0) is 50.2 Å². The molecule has 1 N–H and O–H groups in total. The quantitative estimate of drug-likeness (QED) is 0.798. The van der Waals surface area contributed by atoms with E-state index in [2.05, 4.69) is 5.32 Å². The molecule has 2 bridgehead atoms. The maximum Gasteiger partial charge on any atom is 0.253 e. The van der Waals surface area contributed by atoms with Gasteiger partial charge in [0.25, 0.3) is 5.91 Å². The Labute approximate surface area is 169 Å². The van der Waals surface area contributed by atoms with Crippen molar-refractivity contribution in [2.24, 2.45) is 11.8 Å². The highest BCUT2D eigenvalue weighted by Crippen LogP contribution is 2.42. The van der Waals surface area contributed by atoms with Crippen molar-refractivity contribution >= 4 is 26.6 Å². The van der Waals surface area contributed by atoms with E-state index in [1.54, 1.807) is 6.92 Å². The van der Waals surface area contributed by atoms with Crippen LogP contribution in [0.1, 0.15) is 48.2 Å². The molecule has 4 rings (SSSR count). The molecule has 5 nitrogen and oxygen atoms in total. The second kappa shape index (κ2) is 7.38. The molecule has 1 aromatic heterocycles. The number of carbonyl (C=O) groups excluding carboxylic acids is 1. The summed E-state index contributed by atoms with van der Waals surface area (Å²) in [6.07, 6.45) is 6.67. The summed E-state index contributed by atoms with van der Waals surface area (Å²) in [6, 6.07) is 2.50. The number of amides is 1. The Hall–Kier alpha value is -1.96. The van der Waals surface area contributed by atoms with Gasteiger partial charge in [0.05, 0.1) is 16.8 Å². The lowest BCUT2D eigenvalue weighted by Gasteiger charge is -2.28. The van der Waals surface area contributed by atoms with Gasteiger partial charge in [0.2, 0.25) is 0 Å². The van der Waals surface area contributed by atoms with E-state index in [9.17, 15) is 22.0 Å². The standard InChI is InChI=1S/C21H26F2N2O3S/c1-12-18(21(26)24-15-10-13-3-4-14(9-13)11-15)16-5-6-17(22)19(23)20(16)25(12)7-8-29(2,27)28/h5-6,13-15H,3-4,7-11H2,1-2H3,(H,24,26). The van der Waals surface area contributed by atoms with Gasteiger partial charge in [0.15, 0.2) is 11.6 Å². The molecule has 2 unspecified atom stereocenters. The number of carbonyl (C=O) groups is 1. The van der Waals surface area contributed by atoms with E-state index in [-0.39, 0.29) is 29.8 Å². The number of aryl methyl sites for hydroxylation is 1. The number of fused-ring (bicyclic) bond motifs is 3. The maximum atomic E-state index is 14.6. The Kier molecular flexibility index (Phi) is 5.17. The zero-order chi connectivity index (χ0) is 20.9. The average molecular weight is 425 g/mol. The number of hydrogen-bond acceptors (Lipinski definition) is 3. The third-order valence-electron chi connectivity index (χ3n) is 6.51. The molecule has 158 valence electrons. The van der Waals surface area contributed by atoms with Crippen LogP contribution in [0.15, 0.2) is 12.1 Å². The fourth-order valence-electron chi connectivity index (χ4n) is 5.21. The summed E-state index contributed by atoms with van der Waals surface area (Å²) in [5, 5.41) is 3.41. The van der Waals surface area contributed by atoms with E-state index < -0.39 is 21.5 Å².